The van der Waals surface area contributed by atoms with E-state index in [9.17, 15) is 8.78 Å². The predicted molar refractivity (Wildman–Crippen MR) is 146 cm³/mol. The summed E-state index contributed by atoms with van der Waals surface area (Å²) in [7, 11) is 0. The number of unbranched alkanes of at least 4 members (excludes halogenated alkanes) is 2. The Kier molecular flexibility index (Phi) is 9.49. The molecular weight excluding hydrogens is 469 g/mol. The van der Waals surface area contributed by atoms with Crippen molar-refractivity contribution in [2.75, 3.05) is 6.61 Å². The van der Waals surface area contributed by atoms with Gasteiger partial charge in [-0.15, -0.1) is 6.58 Å². The van der Waals surface area contributed by atoms with Crippen LogP contribution in [0, 0.1) is 23.4 Å². The van der Waals surface area contributed by atoms with Gasteiger partial charge in [-0.25, -0.2) is 8.78 Å². The largest absolute Gasteiger partial charge is 0.490 e. The lowest BCUT2D eigenvalue weighted by atomic mass is 9.77. The zero-order chi connectivity index (χ0) is 26.2. The van der Waals surface area contributed by atoms with E-state index in [4.69, 9.17) is 4.74 Å². The van der Waals surface area contributed by atoms with Crippen LogP contribution >= 0.6 is 0 Å². The highest BCUT2D eigenvalue weighted by Crippen LogP contribution is 2.39. The van der Waals surface area contributed by atoms with Gasteiger partial charge in [0.05, 0.1) is 6.61 Å². The third-order valence-electron chi connectivity index (χ3n) is 7.65. The second kappa shape index (κ2) is 13.0. The molecule has 1 aliphatic rings. The number of halogens is 3. The van der Waals surface area contributed by atoms with Crippen LogP contribution in [0.15, 0.2) is 67.3 Å². The highest BCUT2D eigenvalue weighted by atomic mass is 19.2. The topological polar surface area (TPSA) is 9.23 Å². The molecule has 1 nitrogen and oxygen atoms in total. The molecule has 196 valence electrons. The van der Waals surface area contributed by atoms with Gasteiger partial charge in [0.15, 0.2) is 11.6 Å². The fourth-order valence-electron chi connectivity index (χ4n) is 5.40. The van der Waals surface area contributed by atoms with Crippen molar-refractivity contribution in [2.45, 2.75) is 70.6 Å². The molecule has 0 saturated heterocycles. The Labute approximate surface area is 219 Å². The molecule has 4 rings (SSSR count). The normalized spacial score (nSPS) is 17.5. The van der Waals surface area contributed by atoms with Crippen molar-refractivity contribution in [3.8, 4) is 28.0 Å². The van der Waals surface area contributed by atoms with Crippen LogP contribution in [0.5, 0.6) is 5.75 Å². The van der Waals surface area contributed by atoms with E-state index in [1.807, 2.05) is 30.3 Å². The molecule has 0 aromatic heterocycles. The molecule has 1 fully saturated rings. The summed E-state index contributed by atoms with van der Waals surface area (Å²) in [6, 6.07) is 15.6. The summed E-state index contributed by atoms with van der Waals surface area (Å²) < 4.78 is 49.9. The van der Waals surface area contributed by atoms with E-state index in [1.54, 1.807) is 24.3 Å². The van der Waals surface area contributed by atoms with Gasteiger partial charge in [0.2, 0.25) is 5.82 Å². The van der Waals surface area contributed by atoms with Crippen molar-refractivity contribution >= 4 is 0 Å². The van der Waals surface area contributed by atoms with Gasteiger partial charge in [-0.05, 0) is 97.2 Å². The van der Waals surface area contributed by atoms with Crippen molar-refractivity contribution in [3.63, 3.8) is 0 Å². The first-order valence-corrected chi connectivity index (χ1v) is 13.6. The maximum Gasteiger partial charge on any atom is 0.201 e. The predicted octanol–water partition coefficient (Wildman–Crippen LogP) is 10.2. The first-order chi connectivity index (χ1) is 18.0. The van der Waals surface area contributed by atoms with Crippen molar-refractivity contribution in [2.24, 2.45) is 5.92 Å². The number of ether oxygens (including phenoxy) is 1. The molecule has 1 aliphatic carbocycles. The van der Waals surface area contributed by atoms with E-state index in [1.165, 1.54) is 12.5 Å². The Morgan fingerprint density at radius 1 is 0.838 bits per heavy atom. The van der Waals surface area contributed by atoms with Gasteiger partial charge in [0.25, 0.3) is 0 Å². The van der Waals surface area contributed by atoms with Crippen LogP contribution < -0.4 is 4.74 Å². The number of benzene rings is 3. The van der Waals surface area contributed by atoms with E-state index >= 15 is 4.39 Å². The summed E-state index contributed by atoms with van der Waals surface area (Å²) in [6.07, 6.45) is 11.4. The van der Waals surface area contributed by atoms with E-state index in [-0.39, 0.29) is 23.0 Å². The van der Waals surface area contributed by atoms with Gasteiger partial charge in [-0.3, -0.25) is 0 Å². The summed E-state index contributed by atoms with van der Waals surface area (Å²) in [5.74, 6) is -1.12. The van der Waals surface area contributed by atoms with Crippen molar-refractivity contribution < 1.29 is 17.9 Å². The SMILES string of the molecule is C=CCCC1CCC(c2ccc(-c3ccc(-c4ccc(OCCCCC)c(F)c4F)cc3)cc2F)CC1. The molecule has 0 spiro atoms. The lowest BCUT2D eigenvalue weighted by molar-refractivity contribution is 0.286. The van der Waals surface area contributed by atoms with Crippen LogP contribution in [0.2, 0.25) is 0 Å². The number of rotatable bonds is 11. The highest BCUT2D eigenvalue weighted by Gasteiger charge is 2.24. The molecular formula is C33H37F3O. The molecule has 3 aromatic rings. The van der Waals surface area contributed by atoms with Gasteiger partial charge < -0.3 is 4.74 Å². The summed E-state index contributed by atoms with van der Waals surface area (Å²) in [4.78, 5) is 0. The first kappa shape index (κ1) is 27.0. The molecule has 0 N–H and O–H groups in total. The summed E-state index contributed by atoms with van der Waals surface area (Å²) in [5.41, 5.74) is 3.14. The number of hydrogen-bond acceptors (Lipinski definition) is 1. The minimum absolute atomic E-state index is 0.0604. The quantitative estimate of drug-likeness (QED) is 0.186. The Bertz CT molecular complexity index is 1180. The zero-order valence-electron chi connectivity index (χ0n) is 21.7. The fraction of sp³-hybridized carbons (Fsp3) is 0.394. The minimum atomic E-state index is -0.967. The summed E-state index contributed by atoms with van der Waals surface area (Å²) in [6.45, 7) is 6.25. The monoisotopic (exact) mass is 506 g/mol. The Hall–Kier alpha value is -3.01. The zero-order valence-corrected chi connectivity index (χ0v) is 21.7. The second-order valence-electron chi connectivity index (χ2n) is 10.2. The maximum atomic E-state index is 15.1. The molecule has 1 saturated carbocycles. The van der Waals surface area contributed by atoms with Gasteiger partial charge in [-0.1, -0.05) is 62.2 Å². The fourth-order valence-corrected chi connectivity index (χ4v) is 5.40. The molecule has 0 aliphatic heterocycles. The van der Waals surface area contributed by atoms with Gasteiger partial charge in [0.1, 0.15) is 5.82 Å². The Morgan fingerprint density at radius 2 is 1.54 bits per heavy atom. The third-order valence-corrected chi connectivity index (χ3v) is 7.65. The summed E-state index contributed by atoms with van der Waals surface area (Å²) in [5, 5.41) is 0. The van der Waals surface area contributed by atoms with Crippen molar-refractivity contribution in [1.29, 1.82) is 0 Å². The molecule has 4 heteroatoms. The lowest BCUT2D eigenvalue weighted by Gasteiger charge is -2.29. The van der Waals surface area contributed by atoms with Crippen LogP contribution in [0.25, 0.3) is 22.3 Å². The molecule has 0 radical (unpaired) electrons. The third kappa shape index (κ3) is 6.66. The average Bonchev–Trinajstić information content (AvgIpc) is 2.93. The van der Waals surface area contributed by atoms with Crippen molar-refractivity contribution in [3.05, 3.63) is 90.3 Å². The molecule has 0 atom stereocenters. The average molecular weight is 507 g/mol. The molecule has 0 amide bonds. The van der Waals surface area contributed by atoms with Crippen LogP contribution in [0.1, 0.15) is 76.2 Å². The van der Waals surface area contributed by atoms with Gasteiger partial charge >= 0.3 is 0 Å². The molecule has 0 heterocycles. The maximum absolute atomic E-state index is 15.1. The molecule has 3 aromatic carbocycles. The second-order valence-corrected chi connectivity index (χ2v) is 10.2. The van der Waals surface area contributed by atoms with Crippen LogP contribution in [-0.2, 0) is 0 Å². The summed E-state index contributed by atoms with van der Waals surface area (Å²) >= 11 is 0. The van der Waals surface area contributed by atoms with Crippen LogP contribution in [-0.4, -0.2) is 6.61 Å². The standard InChI is InChI=1S/C33H37F3O/c1-3-5-7-21-37-31-20-19-29(32(35)33(31)36)26-15-13-24(14-16-26)27-17-18-28(30(34)22-27)25-11-9-23(10-12-25)8-6-4-2/h4,13-20,22-23,25H,2-3,5-12,21H2,1H3. The first-order valence-electron chi connectivity index (χ1n) is 13.6. The minimum Gasteiger partial charge on any atom is -0.490 e. The lowest BCUT2D eigenvalue weighted by Crippen LogP contribution is -2.14. The van der Waals surface area contributed by atoms with E-state index in [0.717, 1.165) is 74.0 Å². The van der Waals surface area contributed by atoms with Gasteiger partial charge in [0, 0.05) is 5.56 Å². The smallest absolute Gasteiger partial charge is 0.201 e. The van der Waals surface area contributed by atoms with E-state index in [2.05, 4.69) is 13.5 Å². The van der Waals surface area contributed by atoms with E-state index < -0.39 is 11.6 Å². The number of allylic oxidation sites excluding steroid dienone is 1. The van der Waals surface area contributed by atoms with Crippen LogP contribution in [0.4, 0.5) is 13.2 Å². The Balaban J connectivity index is 1.43. The van der Waals surface area contributed by atoms with Gasteiger partial charge in [-0.2, -0.15) is 4.39 Å². The molecule has 0 unspecified atom stereocenters. The van der Waals surface area contributed by atoms with Crippen LogP contribution in [0.3, 0.4) is 0 Å². The van der Waals surface area contributed by atoms with E-state index in [0.29, 0.717) is 12.2 Å². The number of hydrogen-bond donors (Lipinski definition) is 0. The molecule has 37 heavy (non-hydrogen) atoms. The van der Waals surface area contributed by atoms with Crippen molar-refractivity contribution in [1.82, 2.24) is 0 Å². The highest BCUT2D eigenvalue weighted by molar-refractivity contribution is 5.71. The Morgan fingerprint density at radius 3 is 2.22 bits per heavy atom. The molecule has 0 bridgehead atoms.